The van der Waals surface area contributed by atoms with Gasteiger partial charge in [-0.25, -0.2) is 13.2 Å². The summed E-state index contributed by atoms with van der Waals surface area (Å²) in [5.41, 5.74) is 0. The van der Waals surface area contributed by atoms with Crippen LogP contribution in [-0.2, 0) is 24.4 Å². The Morgan fingerprint density at radius 1 is 1.54 bits per heavy atom. The van der Waals surface area contributed by atoms with Crippen molar-refractivity contribution in [1.82, 2.24) is 0 Å². The minimum atomic E-state index is -6.05. The monoisotopic (exact) mass is 219 g/mol. The lowest BCUT2D eigenvalue weighted by molar-refractivity contribution is -0.171. The molecule has 0 unspecified atom stereocenters. The van der Waals surface area contributed by atoms with Gasteiger partial charge in [0, 0.05) is 7.11 Å². The molecular weight excluding hydrogens is 214 g/mol. The molecule has 0 saturated heterocycles. The molecule has 0 spiro atoms. The first-order chi connectivity index (χ1) is 5.73. The Bertz CT molecular complexity index is 283. The molecule has 0 aromatic heterocycles. The molecule has 0 heterocycles. The van der Waals surface area contributed by atoms with Crippen molar-refractivity contribution in [2.75, 3.05) is 13.9 Å². The fourth-order valence-electron chi connectivity index (χ4n) is 0.299. The van der Waals surface area contributed by atoms with Crippen LogP contribution < -0.4 is 0 Å². The molecule has 0 radical (unpaired) electrons. The number of methoxy groups -OCH3 is 1. The zero-order valence-electron chi connectivity index (χ0n) is 6.32. The third-order valence-electron chi connectivity index (χ3n) is 0.859. The summed E-state index contributed by atoms with van der Waals surface area (Å²) in [5, 5.41) is -5.08. The van der Waals surface area contributed by atoms with Gasteiger partial charge in [0.2, 0.25) is 0 Å². The smallest absolute Gasteiger partial charge is 0.429 e. The third kappa shape index (κ3) is 2.86. The average Bonchev–Trinajstić information content (AvgIpc) is 1.97. The lowest BCUT2D eigenvalue weighted by Gasteiger charge is -2.17. The van der Waals surface area contributed by atoms with Gasteiger partial charge in [0.05, 0.1) is 0 Å². The van der Waals surface area contributed by atoms with Gasteiger partial charge in [0.1, 0.15) is 0 Å². The van der Waals surface area contributed by atoms with Crippen LogP contribution in [0.25, 0.3) is 0 Å². The first-order valence-corrected chi connectivity index (χ1v) is 4.13. The highest BCUT2D eigenvalue weighted by Crippen LogP contribution is 2.21. The van der Waals surface area contributed by atoms with Crippen LogP contribution in [0.15, 0.2) is 0 Å². The highest BCUT2D eigenvalue weighted by atomic mass is 32.2. The van der Waals surface area contributed by atoms with E-state index in [1.807, 2.05) is 0 Å². The fraction of sp³-hybridized carbons (Fsp3) is 0.750. The molecule has 0 aliphatic rings. The quantitative estimate of drug-likeness (QED) is 0.351. The summed E-state index contributed by atoms with van der Waals surface area (Å²) in [6.45, 7) is -0.857. The van der Waals surface area contributed by atoms with E-state index in [1.165, 1.54) is 0 Å². The van der Waals surface area contributed by atoms with Gasteiger partial charge in [0.15, 0.2) is 16.9 Å². The summed E-state index contributed by atoms with van der Waals surface area (Å²) >= 11 is 0. The van der Waals surface area contributed by atoms with E-state index >= 15 is 0 Å². The molecule has 0 fully saturated rings. The van der Waals surface area contributed by atoms with Gasteiger partial charge in [-0.1, -0.05) is 0 Å². The summed E-state index contributed by atoms with van der Waals surface area (Å²) in [5.74, 6) is -2.45. The molecule has 0 aliphatic heterocycles. The Morgan fingerprint density at radius 3 is 2.31 bits per heavy atom. The minimum absolute atomic E-state index is 0.857. The Morgan fingerprint density at radius 2 is 2.00 bits per heavy atom. The van der Waals surface area contributed by atoms with Gasteiger partial charge in [-0.2, -0.15) is 8.78 Å². The molecule has 0 atom stereocenters. The second-order valence-corrected chi connectivity index (χ2v) is 3.23. The van der Waals surface area contributed by atoms with E-state index in [-0.39, 0.29) is 0 Å². The number of rotatable bonds is 4. The number of carbonyl (C=O) groups excluding carboxylic acids is 1. The van der Waals surface area contributed by atoms with Crippen LogP contribution in [0.5, 0.6) is 0 Å². The van der Waals surface area contributed by atoms with Crippen molar-refractivity contribution in [3.8, 4) is 0 Å². The number of ether oxygens (including phenoxy) is 2. The van der Waals surface area contributed by atoms with Crippen molar-refractivity contribution in [3.63, 3.8) is 0 Å². The average molecular weight is 219 g/mol. The molecule has 0 N–H and O–H groups in total. The Hall–Kier alpha value is -0.800. The molecule has 0 bridgehead atoms. The first kappa shape index (κ1) is 12.2. The SMILES string of the molecule is COCOC(=O)C(F)(F)S(=O)(=O)[O-]. The predicted octanol–water partition coefficient (Wildman–Crippen LogP) is -0.728. The molecule has 0 amide bonds. The highest BCUT2D eigenvalue weighted by Gasteiger charge is 2.48. The van der Waals surface area contributed by atoms with Crippen LogP contribution in [0, 0.1) is 0 Å². The lowest BCUT2D eigenvalue weighted by atomic mass is 10.7. The van der Waals surface area contributed by atoms with Crippen LogP contribution in [-0.4, -0.2) is 38.1 Å². The van der Waals surface area contributed by atoms with E-state index in [0.29, 0.717) is 0 Å². The molecule has 0 aromatic carbocycles. The topological polar surface area (TPSA) is 92.7 Å². The second kappa shape index (κ2) is 3.94. The van der Waals surface area contributed by atoms with Crippen LogP contribution in [0.3, 0.4) is 0 Å². The van der Waals surface area contributed by atoms with Crippen LogP contribution in [0.2, 0.25) is 0 Å². The number of carbonyl (C=O) groups is 1. The van der Waals surface area contributed by atoms with Crippen molar-refractivity contribution < 1.29 is 36.0 Å². The largest absolute Gasteiger partial charge is 0.743 e. The fourth-order valence-corrected chi connectivity index (χ4v) is 0.562. The molecule has 13 heavy (non-hydrogen) atoms. The van der Waals surface area contributed by atoms with Gasteiger partial charge in [-0.15, -0.1) is 0 Å². The van der Waals surface area contributed by atoms with Gasteiger partial charge in [-0.3, -0.25) is 0 Å². The third-order valence-corrected chi connectivity index (χ3v) is 1.65. The number of halogens is 2. The normalized spacial score (nSPS) is 12.6. The van der Waals surface area contributed by atoms with E-state index in [2.05, 4.69) is 9.47 Å². The summed E-state index contributed by atoms with van der Waals surface area (Å²) in [6.07, 6.45) is 0. The maximum atomic E-state index is 12.2. The first-order valence-electron chi connectivity index (χ1n) is 2.73. The van der Waals surface area contributed by atoms with E-state index < -0.39 is 28.1 Å². The van der Waals surface area contributed by atoms with E-state index in [0.717, 1.165) is 7.11 Å². The van der Waals surface area contributed by atoms with Crippen LogP contribution >= 0.6 is 0 Å². The number of esters is 1. The van der Waals surface area contributed by atoms with E-state index in [4.69, 9.17) is 0 Å². The van der Waals surface area contributed by atoms with Crippen molar-refractivity contribution in [3.05, 3.63) is 0 Å². The summed E-state index contributed by atoms with van der Waals surface area (Å²) in [4.78, 5) is 10.2. The van der Waals surface area contributed by atoms with Crippen molar-refractivity contribution >= 4 is 16.1 Å². The molecule has 0 aromatic rings. The molecular formula is C4H5F2O6S-. The number of alkyl halides is 2. The maximum Gasteiger partial charge on any atom is 0.429 e. The van der Waals surface area contributed by atoms with Crippen LogP contribution in [0.4, 0.5) is 8.78 Å². The summed E-state index contributed by atoms with van der Waals surface area (Å²) in [7, 11) is -5.02. The predicted molar refractivity (Wildman–Crippen MR) is 32.6 cm³/mol. The molecule has 6 nitrogen and oxygen atoms in total. The van der Waals surface area contributed by atoms with Crippen molar-refractivity contribution in [2.45, 2.75) is 5.25 Å². The van der Waals surface area contributed by atoms with E-state index in [9.17, 15) is 26.5 Å². The minimum Gasteiger partial charge on any atom is -0.743 e. The van der Waals surface area contributed by atoms with Gasteiger partial charge in [-0.05, 0) is 0 Å². The Labute approximate surface area is 72.2 Å². The van der Waals surface area contributed by atoms with E-state index in [1.54, 1.807) is 0 Å². The molecule has 9 heteroatoms. The zero-order valence-corrected chi connectivity index (χ0v) is 7.14. The second-order valence-electron chi connectivity index (χ2n) is 1.81. The highest BCUT2D eigenvalue weighted by molar-refractivity contribution is 7.87. The van der Waals surface area contributed by atoms with Crippen molar-refractivity contribution in [1.29, 1.82) is 0 Å². The van der Waals surface area contributed by atoms with Crippen molar-refractivity contribution in [2.24, 2.45) is 0 Å². The maximum absolute atomic E-state index is 12.2. The van der Waals surface area contributed by atoms with Gasteiger partial charge in [0.25, 0.3) is 0 Å². The molecule has 0 rings (SSSR count). The number of hydrogen-bond donors (Lipinski definition) is 0. The van der Waals surface area contributed by atoms with Gasteiger partial charge < -0.3 is 14.0 Å². The Balaban J connectivity index is 4.57. The Kier molecular flexibility index (Phi) is 3.70. The van der Waals surface area contributed by atoms with Gasteiger partial charge >= 0.3 is 11.2 Å². The molecule has 0 aliphatic carbocycles. The lowest BCUT2D eigenvalue weighted by Crippen LogP contribution is -2.39. The summed E-state index contributed by atoms with van der Waals surface area (Å²) < 4.78 is 61.5. The molecule has 0 saturated carbocycles. The number of hydrogen-bond acceptors (Lipinski definition) is 6. The summed E-state index contributed by atoms with van der Waals surface area (Å²) in [6, 6.07) is 0. The van der Waals surface area contributed by atoms with Crippen LogP contribution in [0.1, 0.15) is 0 Å². The zero-order chi connectivity index (χ0) is 10.7. The molecule has 78 valence electrons. The standard InChI is InChI=1S/C4H6F2O6S/c1-11-2-12-3(7)4(5,6)13(8,9)10/h2H2,1H3,(H,8,9,10)/p-1.